The van der Waals surface area contributed by atoms with E-state index in [1.807, 2.05) is 32.9 Å². The molecule has 5 nitrogen and oxygen atoms in total. The molecule has 22 heavy (non-hydrogen) atoms. The summed E-state index contributed by atoms with van der Waals surface area (Å²) in [6.45, 7) is 10.7. The van der Waals surface area contributed by atoms with Crippen molar-refractivity contribution in [1.29, 1.82) is 0 Å². The van der Waals surface area contributed by atoms with Crippen LogP contribution in [0.3, 0.4) is 0 Å². The summed E-state index contributed by atoms with van der Waals surface area (Å²) in [5, 5.41) is 0. The molecule has 0 unspecified atom stereocenters. The first-order valence-corrected chi connectivity index (χ1v) is 8.35. The molecule has 0 aliphatic heterocycles. The zero-order valence-electron chi connectivity index (χ0n) is 13.6. The van der Waals surface area contributed by atoms with E-state index < -0.39 is 10.4 Å². The topological polar surface area (TPSA) is 61.8 Å². The average molecular weight is 328 g/mol. The van der Waals surface area contributed by atoms with Crippen LogP contribution in [0.1, 0.15) is 29.2 Å². The smallest absolute Gasteiger partial charge is 0.377 e. The van der Waals surface area contributed by atoms with Crippen molar-refractivity contribution in [2.24, 2.45) is 0 Å². The fraction of sp³-hybridized carbons (Fsp3) is 0.500. The van der Waals surface area contributed by atoms with Crippen molar-refractivity contribution < 1.29 is 21.5 Å². The average Bonchev–Trinajstić information content (AvgIpc) is 2.46. The Morgan fingerprint density at radius 3 is 2.55 bits per heavy atom. The fourth-order valence-electron chi connectivity index (χ4n) is 2.02. The molecule has 0 heterocycles. The van der Waals surface area contributed by atoms with Crippen molar-refractivity contribution in [2.45, 2.75) is 33.8 Å². The van der Waals surface area contributed by atoms with Gasteiger partial charge in [-0.15, -0.1) is 0 Å². The third-order valence-electron chi connectivity index (χ3n) is 3.37. The maximum atomic E-state index is 11.3. The van der Waals surface area contributed by atoms with Crippen molar-refractivity contribution in [3.63, 3.8) is 0 Å². The van der Waals surface area contributed by atoms with Gasteiger partial charge < -0.3 is 4.74 Å². The first kappa shape index (κ1) is 18.8. The quantitative estimate of drug-likeness (QED) is 0.515. The molecule has 0 amide bonds. The van der Waals surface area contributed by atoms with E-state index in [0.717, 1.165) is 34.9 Å². The van der Waals surface area contributed by atoms with E-state index in [1.54, 1.807) is 0 Å². The molecule has 1 rings (SSSR count). The van der Waals surface area contributed by atoms with Crippen LogP contribution in [0.2, 0.25) is 0 Å². The Kier molecular flexibility index (Phi) is 7.22. The number of benzene rings is 1. The lowest BCUT2D eigenvalue weighted by Gasteiger charge is -2.15. The van der Waals surface area contributed by atoms with Gasteiger partial charge in [-0.3, -0.25) is 4.18 Å². The molecule has 0 saturated carbocycles. The van der Waals surface area contributed by atoms with Gasteiger partial charge in [0.2, 0.25) is 0 Å². The number of ether oxygens (including phenoxy) is 1. The fourth-order valence-corrected chi connectivity index (χ4v) is 2.39. The van der Waals surface area contributed by atoms with Crippen LogP contribution in [0.5, 0.6) is 0 Å². The summed E-state index contributed by atoms with van der Waals surface area (Å²) in [4.78, 5) is 0. The van der Waals surface area contributed by atoms with Gasteiger partial charge >= 0.3 is 10.4 Å². The molecule has 0 saturated heterocycles. The molecule has 1 aromatic carbocycles. The van der Waals surface area contributed by atoms with Crippen LogP contribution >= 0.6 is 0 Å². The molecule has 0 radical (unpaired) electrons. The van der Waals surface area contributed by atoms with E-state index >= 15 is 0 Å². The second-order valence-electron chi connectivity index (χ2n) is 5.24. The van der Waals surface area contributed by atoms with Crippen LogP contribution in [-0.4, -0.2) is 28.7 Å². The van der Waals surface area contributed by atoms with Crippen LogP contribution in [-0.2, 0) is 36.5 Å². The van der Waals surface area contributed by atoms with E-state index in [0.29, 0.717) is 19.6 Å². The van der Waals surface area contributed by atoms with Crippen LogP contribution in [0.15, 0.2) is 24.3 Å². The molecule has 124 valence electrons. The number of hydrogen-bond donors (Lipinski definition) is 0. The van der Waals surface area contributed by atoms with Gasteiger partial charge in [0.15, 0.2) is 0 Å². The lowest BCUT2D eigenvalue weighted by molar-refractivity contribution is 0.159. The second-order valence-corrected chi connectivity index (χ2v) is 6.63. The van der Waals surface area contributed by atoms with E-state index in [1.165, 1.54) is 0 Å². The van der Waals surface area contributed by atoms with E-state index in [2.05, 4.69) is 10.8 Å². The predicted molar refractivity (Wildman–Crippen MR) is 86.0 cm³/mol. The SMILES string of the molecule is C=C(C)COCCc1c(COS(=O)(=O)OC)ccc(C)c1C. The summed E-state index contributed by atoms with van der Waals surface area (Å²) in [6.07, 6.45) is 0.687. The standard InChI is InChI=1S/C16H24O5S/c1-12(2)10-20-9-8-16-14(4)13(3)6-7-15(16)11-21-22(17,18)19-5/h6-7H,1,8-11H2,2-5H3. The Morgan fingerprint density at radius 1 is 1.27 bits per heavy atom. The maximum absolute atomic E-state index is 11.3. The number of hydrogen-bond acceptors (Lipinski definition) is 5. The highest BCUT2D eigenvalue weighted by atomic mass is 32.3. The van der Waals surface area contributed by atoms with Gasteiger partial charge in [0, 0.05) is 0 Å². The number of aryl methyl sites for hydroxylation is 1. The lowest BCUT2D eigenvalue weighted by atomic mass is 9.96. The Bertz CT molecular complexity index is 620. The van der Waals surface area contributed by atoms with Gasteiger partial charge in [0.05, 0.1) is 26.9 Å². The summed E-state index contributed by atoms with van der Waals surface area (Å²) >= 11 is 0. The largest absolute Gasteiger partial charge is 0.399 e. The van der Waals surface area contributed by atoms with Crippen molar-refractivity contribution in [1.82, 2.24) is 0 Å². The Hall–Kier alpha value is -1.21. The minimum atomic E-state index is -3.94. The molecule has 0 aliphatic rings. The molecule has 0 bridgehead atoms. The molecule has 0 aliphatic carbocycles. The molecule has 0 N–H and O–H groups in total. The minimum Gasteiger partial charge on any atom is -0.377 e. The van der Waals surface area contributed by atoms with Crippen LogP contribution < -0.4 is 0 Å². The molecule has 6 heteroatoms. The van der Waals surface area contributed by atoms with Gasteiger partial charge in [-0.05, 0) is 49.4 Å². The molecular weight excluding hydrogens is 304 g/mol. The first-order valence-electron chi connectivity index (χ1n) is 7.02. The summed E-state index contributed by atoms with van der Waals surface area (Å²) in [7, 11) is -2.87. The van der Waals surface area contributed by atoms with E-state index in [-0.39, 0.29) is 6.61 Å². The van der Waals surface area contributed by atoms with E-state index in [9.17, 15) is 8.42 Å². The van der Waals surface area contributed by atoms with Gasteiger partial charge in [-0.1, -0.05) is 24.3 Å². The Labute approximate surface area is 133 Å². The summed E-state index contributed by atoms with van der Waals surface area (Å²) in [5.74, 6) is 0. The minimum absolute atomic E-state index is 0.0485. The molecule has 0 fully saturated rings. The highest BCUT2D eigenvalue weighted by Crippen LogP contribution is 2.20. The van der Waals surface area contributed by atoms with Crippen LogP contribution in [0.4, 0.5) is 0 Å². The first-order chi connectivity index (χ1) is 10.3. The van der Waals surface area contributed by atoms with Gasteiger partial charge in [-0.25, -0.2) is 4.18 Å². The van der Waals surface area contributed by atoms with Crippen molar-refractivity contribution in [3.8, 4) is 0 Å². The van der Waals surface area contributed by atoms with Crippen LogP contribution in [0.25, 0.3) is 0 Å². The third kappa shape index (κ3) is 5.88. The molecule has 0 atom stereocenters. The molecule has 0 aromatic heterocycles. The van der Waals surface area contributed by atoms with Gasteiger partial charge in [0.25, 0.3) is 0 Å². The molecule has 0 spiro atoms. The van der Waals surface area contributed by atoms with E-state index in [4.69, 9.17) is 8.92 Å². The van der Waals surface area contributed by atoms with Gasteiger partial charge in [0.1, 0.15) is 0 Å². The Morgan fingerprint density at radius 2 is 1.95 bits per heavy atom. The zero-order chi connectivity index (χ0) is 16.8. The van der Waals surface area contributed by atoms with Crippen molar-refractivity contribution >= 4 is 10.4 Å². The normalized spacial score (nSPS) is 11.6. The molecular formula is C16H24O5S. The number of rotatable bonds is 9. The summed E-state index contributed by atoms with van der Waals surface area (Å²) < 4.78 is 37.3. The zero-order valence-corrected chi connectivity index (χ0v) is 14.5. The second kappa shape index (κ2) is 8.43. The highest BCUT2D eigenvalue weighted by Gasteiger charge is 2.13. The van der Waals surface area contributed by atoms with Crippen LogP contribution in [0, 0.1) is 13.8 Å². The van der Waals surface area contributed by atoms with Gasteiger partial charge in [-0.2, -0.15) is 8.42 Å². The monoisotopic (exact) mass is 328 g/mol. The predicted octanol–water partition coefficient (Wildman–Crippen LogP) is 2.85. The highest BCUT2D eigenvalue weighted by molar-refractivity contribution is 7.81. The summed E-state index contributed by atoms with van der Waals surface area (Å²) in [5.41, 5.74) is 5.11. The van der Waals surface area contributed by atoms with Crippen molar-refractivity contribution in [3.05, 3.63) is 46.5 Å². The maximum Gasteiger partial charge on any atom is 0.399 e. The Balaban J connectivity index is 2.83. The lowest BCUT2D eigenvalue weighted by Crippen LogP contribution is -2.11. The summed E-state index contributed by atoms with van der Waals surface area (Å²) in [6, 6.07) is 3.83. The molecule has 1 aromatic rings. The third-order valence-corrected chi connectivity index (χ3v) is 4.19. The van der Waals surface area contributed by atoms with Crippen molar-refractivity contribution in [2.75, 3.05) is 20.3 Å².